The van der Waals surface area contributed by atoms with Gasteiger partial charge >= 0.3 is 0 Å². The van der Waals surface area contributed by atoms with Crippen molar-refractivity contribution in [2.75, 3.05) is 6.54 Å². The van der Waals surface area contributed by atoms with Crippen LogP contribution in [0.25, 0.3) is 0 Å². The van der Waals surface area contributed by atoms with Crippen molar-refractivity contribution in [1.29, 1.82) is 0 Å². The molecule has 2 aliphatic rings. The van der Waals surface area contributed by atoms with Crippen LogP contribution in [-0.2, 0) is 0 Å². The summed E-state index contributed by atoms with van der Waals surface area (Å²) in [7, 11) is 0. The number of fused-ring (bicyclic) bond motifs is 1. The van der Waals surface area contributed by atoms with Gasteiger partial charge in [-0.2, -0.15) is 0 Å². The minimum Gasteiger partial charge on any atom is -0.323 e. The SMILES string of the molecule is CC(N)C=NCCC1CC2CCC12. The molecule has 0 saturated heterocycles. The topological polar surface area (TPSA) is 38.4 Å². The predicted molar refractivity (Wildman–Crippen MR) is 55.9 cm³/mol. The van der Waals surface area contributed by atoms with Crippen LogP contribution in [0.1, 0.15) is 32.6 Å². The van der Waals surface area contributed by atoms with E-state index in [9.17, 15) is 0 Å². The molecule has 4 unspecified atom stereocenters. The van der Waals surface area contributed by atoms with Crippen molar-refractivity contribution in [3.05, 3.63) is 0 Å². The Kier molecular flexibility index (Phi) is 2.68. The molecule has 4 atom stereocenters. The average molecular weight is 180 g/mol. The normalized spacial score (nSPS) is 39.4. The third-order valence-electron chi connectivity index (χ3n) is 3.66. The molecule has 0 aromatic rings. The third kappa shape index (κ3) is 1.93. The monoisotopic (exact) mass is 180 g/mol. The van der Waals surface area contributed by atoms with Crippen LogP contribution < -0.4 is 5.73 Å². The fourth-order valence-corrected chi connectivity index (χ4v) is 2.69. The Bertz CT molecular complexity index is 198. The molecule has 2 nitrogen and oxygen atoms in total. The van der Waals surface area contributed by atoms with E-state index >= 15 is 0 Å². The zero-order valence-electron chi connectivity index (χ0n) is 8.45. The van der Waals surface area contributed by atoms with Gasteiger partial charge in [0.25, 0.3) is 0 Å². The minimum absolute atomic E-state index is 0.123. The highest BCUT2D eigenvalue weighted by molar-refractivity contribution is 5.63. The molecule has 0 radical (unpaired) electrons. The smallest absolute Gasteiger partial charge is 0.0388 e. The molecule has 2 saturated carbocycles. The Morgan fingerprint density at radius 1 is 1.54 bits per heavy atom. The number of aliphatic imine (C=N–C) groups is 1. The summed E-state index contributed by atoms with van der Waals surface area (Å²) in [5.41, 5.74) is 5.57. The van der Waals surface area contributed by atoms with Crippen LogP contribution in [0.5, 0.6) is 0 Å². The molecule has 0 amide bonds. The van der Waals surface area contributed by atoms with Crippen LogP contribution >= 0.6 is 0 Å². The van der Waals surface area contributed by atoms with Gasteiger partial charge in [0.05, 0.1) is 0 Å². The Morgan fingerprint density at radius 2 is 2.38 bits per heavy atom. The maximum absolute atomic E-state index is 5.57. The van der Waals surface area contributed by atoms with E-state index in [2.05, 4.69) is 4.99 Å². The lowest BCUT2D eigenvalue weighted by Gasteiger charge is -2.53. The Morgan fingerprint density at radius 3 is 2.85 bits per heavy atom. The van der Waals surface area contributed by atoms with Crippen molar-refractivity contribution >= 4 is 6.21 Å². The van der Waals surface area contributed by atoms with Gasteiger partial charge in [0.1, 0.15) is 0 Å². The van der Waals surface area contributed by atoms with E-state index in [4.69, 9.17) is 5.73 Å². The van der Waals surface area contributed by atoms with Crippen LogP contribution in [0.4, 0.5) is 0 Å². The van der Waals surface area contributed by atoms with Gasteiger partial charge in [-0.25, -0.2) is 0 Å². The summed E-state index contributed by atoms with van der Waals surface area (Å²) >= 11 is 0. The van der Waals surface area contributed by atoms with Gasteiger partial charge in [-0.15, -0.1) is 0 Å². The summed E-state index contributed by atoms with van der Waals surface area (Å²) in [6.45, 7) is 2.96. The van der Waals surface area contributed by atoms with Gasteiger partial charge in [0.2, 0.25) is 0 Å². The summed E-state index contributed by atoms with van der Waals surface area (Å²) in [6.07, 6.45) is 7.65. The molecule has 2 fully saturated rings. The lowest BCUT2D eigenvalue weighted by atomic mass is 9.52. The van der Waals surface area contributed by atoms with Crippen LogP contribution in [0.2, 0.25) is 0 Å². The Balaban J connectivity index is 1.58. The average Bonchev–Trinajstić information content (AvgIpc) is 2.05. The zero-order valence-corrected chi connectivity index (χ0v) is 8.45. The number of nitrogens with two attached hydrogens (primary N) is 1. The van der Waals surface area contributed by atoms with Crippen molar-refractivity contribution in [3.63, 3.8) is 0 Å². The highest BCUT2D eigenvalue weighted by Gasteiger charge is 2.45. The van der Waals surface area contributed by atoms with Gasteiger partial charge in [0, 0.05) is 18.8 Å². The molecule has 0 heterocycles. The summed E-state index contributed by atoms with van der Waals surface area (Å²) in [4.78, 5) is 4.33. The van der Waals surface area contributed by atoms with Crippen LogP contribution in [0.3, 0.4) is 0 Å². The minimum atomic E-state index is 0.123. The van der Waals surface area contributed by atoms with E-state index in [1.807, 2.05) is 13.1 Å². The summed E-state index contributed by atoms with van der Waals surface area (Å²) in [5.74, 6) is 3.21. The van der Waals surface area contributed by atoms with E-state index in [0.717, 1.165) is 24.3 Å². The molecule has 74 valence electrons. The van der Waals surface area contributed by atoms with Gasteiger partial charge < -0.3 is 5.73 Å². The summed E-state index contributed by atoms with van der Waals surface area (Å²) in [5, 5.41) is 0. The highest BCUT2D eigenvalue weighted by Crippen LogP contribution is 2.55. The standard InChI is InChI=1S/C11H20N2/c1-8(12)7-13-5-4-10-6-9-2-3-11(9)10/h7-11H,2-6,12H2,1H3. The molecule has 0 spiro atoms. The van der Waals surface area contributed by atoms with E-state index in [0.29, 0.717) is 0 Å². The molecular weight excluding hydrogens is 160 g/mol. The van der Waals surface area contributed by atoms with E-state index in [1.54, 1.807) is 0 Å². The molecule has 2 heteroatoms. The Labute approximate surface area is 80.6 Å². The molecule has 2 N–H and O–H groups in total. The molecule has 2 aliphatic carbocycles. The lowest BCUT2D eigenvalue weighted by molar-refractivity contribution is -0.0278. The van der Waals surface area contributed by atoms with Gasteiger partial charge in [-0.05, 0) is 50.4 Å². The number of nitrogens with zero attached hydrogens (tertiary/aromatic N) is 1. The van der Waals surface area contributed by atoms with Crippen molar-refractivity contribution in [3.8, 4) is 0 Å². The maximum Gasteiger partial charge on any atom is 0.0388 e. The van der Waals surface area contributed by atoms with Crippen molar-refractivity contribution < 1.29 is 0 Å². The van der Waals surface area contributed by atoms with Crippen molar-refractivity contribution in [2.45, 2.75) is 38.6 Å². The van der Waals surface area contributed by atoms with Gasteiger partial charge in [0.15, 0.2) is 0 Å². The predicted octanol–water partition coefficient (Wildman–Crippen LogP) is 1.84. The molecular formula is C11H20N2. The second kappa shape index (κ2) is 3.79. The first-order chi connectivity index (χ1) is 6.27. The number of rotatable bonds is 4. The lowest BCUT2D eigenvalue weighted by Crippen LogP contribution is -2.44. The first-order valence-electron chi connectivity index (χ1n) is 5.53. The zero-order chi connectivity index (χ0) is 9.26. The molecule has 0 aliphatic heterocycles. The summed E-state index contributed by atoms with van der Waals surface area (Å²) < 4.78 is 0. The van der Waals surface area contributed by atoms with Crippen LogP contribution in [0.15, 0.2) is 4.99 Å². The maximum atomic E-state index is 5.57. The Hall–Kier alpha value is -0.370. The van der Waals surface area contributed by atoms with Gasteiger partial charge in [-0.3, -0.25) is 4.99 Å². The van der Waals surface area contributed by atoms with E-state index < -0.39 is 0 Å². The fourth-order valence-electron chi connectivity index (χ4n) is 2.69. The second-order valence-electron chi connectivity index (χ2n) is 4.70. The van der Waals surface area contributed by atoms with Crippen molar-refractivity contribution in [1.82, 2.24) is 0 Å². The quantitative estimate of drug-likeness (QED) is 0.659. The first-order valence-corrected chi connectivity index (χ1v) is 5.53. The van der Waals surface area contributed by atoms with E-state index in [1.165, 1.54) is 25.7 Å². The van der Waals surface area contributed by atoms with Crippen LogP contribution in [0, 0.1) is 17.8 Å². The van der Waals surface area contributed by atoms with E-state index in [-0.39, 0.29) is 6.04 Å². The second-order valence-corrected chi connectivity index (χ2v) is 4.70. The summed E-state index contributed by atoms with van der Waals surface area (Å²) in [6, 6.07) is 0.123. The molecule has 2 rings (SSSR count). The third-order valence-corrected chi connectivity index (χ3v) is 3.66. The van der Waals surface area contributed by atoms with Crippen LogP contribution in [-0.4, -0.2) is 18.8 Å². The number of hydrogen-bond acceptors (Lipinski definition) is 2. The number of hydrogen-bond donors (Lipinski definition) is 1. The first kappa shape index (κ1) is 9.20. The largest absolute Gasteiger partial charge is 0.323 e. The van der Waals surface area contributed by atoms with Crippen molar-refractivity contribution in [2.24, 2.45) is 28.5 Å². The molecule has 0 bridgehead atoms. The highest BCUT2D eigenvalue weighted by atomic mass is 14.7. The fraction of sp³-hybridized carbons (Fsp3) is 0.909. The van der Waals surface area contributed by atoms with Gasteiger partial charge in [-0.1, -0.05) is 0 Å². The molecule has 13 heavy (non-hydrogen) atoms. The molecule has 0 aromatic heterocycles. The molecule has 0 aromatic carbocycles.